The van der Waals surface area contributed by atoms with E-state index in [1.54, 1.807) is 40.3 Å². The fraction of sp³-hybridized carbons (Fsp3) is 0.434. The molecule has 5 heteroatoms. The van der Waals surface area contributed by atoms with E-state index in [1.165, 1.54) is 60.2 Å². The van der Waals surface area contributed by atoms with E-state index in [9.17, 15) is 0 Å². The molecule has 5 aliphatic carbocycles. The number of rotatable bonds is 1. The molecule has 3 aromatic rings. The van der Waals surface area contributed by atoms with E-state index in [0.29, 0.717) is 17.3 Å². The van der Waals surface area contributed by atoms with Crippen LogP contribution < -0.4 is 0 Å². The molecule has 0 aliphatic heterocycles. The molecule has 0 spiro atoms. The fourth-order valence-electron chi connectivity index (χ4n) is 9.52. The molecule has 314 valence electrons. The van der Waals surface area contributed by atoms with Crippen molar-refractivity contribution in [3.8, 4) is 0 Å². The van der Waals surface area contributed by atoms with Crippen molar-refractivity contribution in [3.63, 3.8) is 0 Å². The molecule has 1 saturated carbocycles. The molecule has 3 atom stereocenters. The van der Waals surface area contributed by atoms with Gasteiger partial charge in [-0.05, 0) is 40.6 Å². The van der Waals surface area contributed by atoms with Crippen molar-refractivity contribution in [3.05, 3.63) is 165 Å². The van der Waals surface area contributed by atoms with Gasteiger partial charge in [0.2, 0.25) is 0 Å². The molecule has 0 bridgehead atoms. The van der Waals surface area contributed by atoms with E-state index < -0.39 is 0 Å². The van der Waals surface area contributed by atoms with Crippen LogP contribution >= 0.6 is 48.0 Å². The number of halogens is 4. The molecule has 0 amide bonds. The summed E-state index contributed by atoms with van der Waals surface area (Å²) >= 11 is 12.3. The second kappa shape index (κ2) is 21.3. The molecule has 0 saturated heterocycles. The Morgan fingerprint density at radius 1 is 0.845 bits per heavy atom. The van der Waals surface area contributed by atoms with Crippen LogP contribution in [-0.4, -0.2) is 4.21 Å². The van der Waals surface area contributed by atoms with Crippen molar-refractivity contribution in [1.82, 2.24) is 0 Å². The van der Waals surface area contributed by atoms with Gasteiger partial charge in [0.15, 0.2) is 0 Å². The van der Waals surface area contributed by atoms with Crippen molar-refractivity contribution in [2.45, 2.75) is 109 Å². The first-order chi connectivity index (χ1) is 26.3. The second-order valence-corrected chi connectivity index (χ2v) is 19.3. The molecule has 0 N–H and O–H groups in total. The zero-order valence-corrected chi connectivity index (χ0v) is 42.6. The topological polar surface area (TPSA) is 0 Å². The Morgan fingerprint density at radius 2 is 1.41 bits per heavy atom. The Morgan fingerprint density at radius 3 is 1.86 bits per heavy atom. The monoisotopic (exact) mass is 932 g/mol. The standard InChI is InChI=1S/C29H37.C11H17.2C6H4Cl.CH2.2ClH.Zr/c1-18-25-22-17-19-13-9-10-14-20(19)24(22)21-15-11-12-16-23(21)29(25,8)28(6,7)27(4,5)26(18,2)3;1-5-9-6-7-10(8-9)11(2,3)4;2*7-6-4-2-1-3-5-6;;;;/h9-11,13-15,23H,12,16-17H2,1-8H3;7-9H,5H2,1-4H3;2*1-2,4-5H;1H2;2*1H;/q4*-1;;;;. The van der Waals surface area contributed by atoms with Crippen LogP contribution in [-0.2, 0) is 30.7 Å². The van der Waals surface area contributed by atoms with Crippen LogP contribution in [0.25, 0.3) is 5.57 Å². The third kappa shape index (κ3) is 10.2. The van der Waals surface area contributed by atoms with Crippen molar-refractivity contribution in [2.24, 2.45) is 38.9 Å². The van der Waals surface area contributed by atoms with Crippen LogP contribution in [0.3, 0.4) is 0 Å². The third-order valence-electron chi connectivity index (χ3n) is 14.3. The Balaban J connectivity index is 0.000000327. The van der Waals surface area contributed by atoms with Gasteiger partial charge in [0.25, 0.3) is 0 Å². The maximum absolute atomic E-state index is 5.51. The van der Waals surface area contributed by atoms with Gasteiger partial charge in [-0.3, -0.25) is 6.08 Å². The van der Waals surface area contributed by atoms with Crippen LogP contribution in [0.4, 0.5) is 0 Å². The van der Waals surface area contributed by atoms with Gasteiger partial charge in [-0.1, -0.05) is 169 Å². The summed E-state index contributed by atoms with van der Waals surface area (Å²) < 4.78 is 3.34. The van der Waals surface area contributed by atoms with Gasteiger partial charge in [-0.25, -0.2) is 12.0 Å². The summed E-state index contributed by atoms with van der Waals surface area (Å²) in [6.45, 7) is 29.2. The molecule has 8 rings (SSSR count). The van der Waals surface area contributed by atoms with Crippen molar-refractivity contribution < 1.29 is 24.2 Å². The maximum atomic E-state index is 5.51. The average molecular weight is 936 g/mol. The van der Waals surface area contributed by atoms with E-state index in [4.69, 9.17) is 23.2 Å². The summed E-state index contributed by atoms with van der Waals surface area (Å²) in [5.41, 5.74) is 12.0. The number of fused-ring (bicyclic) bond motifs is 6. The van der Waals surface area contributed by atoms with Gasteiger partial charge in [-0.2, -0.15) is 107 Å². The molecule has 5 aliphatic rings. The van der Waals surface area contributed by atoms with E-state index in [1.807, 2.05) is 36.4 Å². The summed E-state index contributed by atoms with van der Waals surface area (Å²) in [5.74, 6) is 2.81. The average Bonchev–Trinajstić information content (AvgIpc) is 3.83. The van der Waals surface area contributed by atoms with Crippen LogP contribution in [0.1, 0.15) is 113 Å². The Bertz CT molecular complexity index is 1920. The predicted octanol–water partition coefficient (Wildman–Crippen LogP) is 16.4. The second-order valence-electron chi connectivity index (χ2n) is 18.4. The van der Waals surface area contributed by atoms with Crippen LogP contribution in [0.5, 0.6) is 0 Å². The molecule has 0 radical (unpaired) electrons. The number of allylic oxidation sites excluding steroid dienone is 10. The Labute approximate surface area is 391 Å². The first-order valence-corrected chi connectivity index (χ1v) is 22.8. The van der Waals surface area contributed by atoms with E-state index in [2.05, 4.69) is 154 Å². The van der Waals surface area contributed by atoms with Gasteiger partial charge < -0.3 is 0 Å². The number of hydrogen-bond acceptors (Lipinski definition) is 0. The first kappa shape index (κ1) is 52.3. The predicted molar refractivity (Wildman–Crippen MR) is 256 cm³/mol. The third-order valence-corrected chi connectivity index (χ3v) is 14.7. The molecule has 58 heavy (non-hydrogen) atoms. The molecule has 0 heterocycles. The van der Waals surface area contributed by atoms with E-state index in [-0.39, 0.29) is 46.5 Å². The molecular weight excluding hydrogens is 870 g/mol. The fourth-order valence-corrected chi connectivity index (χ4v) is 9.79. The number of hydrogen-bond donors (Lipinski definition) is 0. The van der Waals surface area contributed by atoms with Crippen molar-refractivity contribution >= 4 is 57.8 Å². The van der Waals surface area contributed by atoms with Crippen molar-refractivity contribution in [2.75, 3.05) is 0 Å². The molecule has 0 aromatic heterocycles. The summed E-state index contributed by atoms with van der Waals surface area (Å²) in [4.78, 5) is 0. The van der Waals surface area contributed by atoms with Gasteiger partial charge in [-0.15, -0.1) is 31.7 Å². The molecule has 3 unspecified atom stereocenters. The number of benzene rings is 3. The van der Waals surface area contributed by atoms with Gasteiger partial charge in [0, 0.05) is 0 Å². The normalized spacial score (nSPS) is 23.3. The summed E-state index contributed by atoms with van der Waals surface area (Å²) in [6, 6.07) is 29.2. The van der Waals surface area contributed by atoms with Crippen LogP contribution in [0, 0.1) is 63.0 Å². The molecular formula is C53H66Cl4Zr-4. The van der Waals surface area contributed by atoms with E-state index >= 15 is 0 Å². The Kier molecular flexibility index (Phi) is 19.2. The minimum atomic E-state index is 0. The van der Waals surface area contributed by atoms with Gasteiger partial charge >= 0.3 is 28.4 Å². The van der Waals surface area contributed by atoms with E-state index in [0.717, 1.165) is 16.5 Å². The molecule has 0 nitrogen and oxygen atoms in total. The van der Waals surface area contributed by atoms with Gasteiger partial charge in [0.1, 0.15) is 0 Å². The summed E-state index contributed by atoms with van der Waals surface area (Å²) in [7, 11) is 0. The van der Waals surface area contributed by atoms with Crippen molar-refractivity contribution in [1.29, 1.82) is 0 Å². The molecule has 3 aromatic carbocycles. The summed E-state index contributed by atoms with van der Waals surface area (Å²) in [6.07, 6.45) is 17.5. The zero-order valence-electron chi connectivity index (χ0n) is 37.0. The Hall–Kier alpha value is -1.86. The first-order valence-electron chi connectivity index (χ1n) is 20.3. The quantitative estimate of drug-likeness (QED) is 0.213. The van der Waals surface area contributed by atoms with Crippen LogP contribution in [0.2, 0.25) is 10.0 Å². The SMILES string of the molecule is CCC1[C-]=CC(C(C)(C)C)=C1.C[C-]1C2=C3Cc4ccccc4C3=C3C=CCCC3C2(C)C(C)(C)C(C)(C)C1(C)C.Cl.Cl.Clc1c[c-]ccc1.Clc1c[c-]ccc1.[CH2]=[Zr]. The summed E-state index contributed by atoms with van der Waals surface area (Å²) in [5, 5.41) is 1.48. The molecule has 1 fully saturated rings. The zero-order chi connectivity index (χ0) is 41.7. The van der Waals surface area contributed by atoms with Gasteiger partial charge in [0.05, 0.1) is 0 Å². The van der Waals surface area contributed by atoms with Crippen LogP contribution in [0.15, 0.2) is 119 Å². The minimum absolute atomic E-state index is 0.